The van der Waals surface area contributed by atoms with Gasteiger partial charge in [-0.25, -0.2) is 0 Å². The fourth-order valence-corrected chi connectivity index (χ4v) is 2.98. The number of amides is 2. The van der Waals surface area contributed by atoms with Crippen molar-refractivity contribution in [2.24, 2.45) is 5.92 Å². The van der Waals surface area contributed by atoms with Crippen LogP contribution in [0.3, 0.4) is 0 Å². The highest BCUT2D eigenvalue weighted by Crippen LogP contribution is 2.30. The van der Waals surface area contributed by atoms with Crippen molar-refractivity contribution in [3.05, 3.63) is 52.2 Å². The van der Waals surface area contributed by atoms with E-state index < -0.39 is 0 Å². The summed E-state index contributed by atoms with van der Waals surface area (Å²) < 4.78 is 0. The highest BCUT2D eigenvalue weighted by atomic mass is 32.1. The molecule has 4 nitrogen and oxygen atoms in total. The van der Waals surface area contributed by atoms with Gasteiger partial charge < -0.3 is 10.6 Å². The van der Waals surface area contributed by atoms with E-state index in [-0.39, 0.29) is 17.7 Å². The number of benzene rings is 1. The van der Waals surface area contributed by atoms with Crippen molar-refractivity contribution in [2.75, 3.05) is 5.32 Å². The molecule has 3 rings (SSSR count). The van der Waals surface area contributed by atoms with Gasteiger partial charge in [-0.1, -0.05) is 12.1 Å². The normalized spacial score (nSPS) is 13.6. The summed E-state index contributed by atoms with van der Waals surface area (Å²) in [6.07, 6.45) is 3.29. The molecule has 1 heterocycles. The Hall–Kier alpha value is -2.14. The Morgan fingerprint density at radius 2 is 1.87 bits per heavy atom. The number of nitrogens with one attached hydrogen (secondary N) is 2. The third-order valence-electron chi connectivity index (χ3n) is 3.88. The average Bonchev–Trinajstić information content (AvgIpc) is 3.29. The quantitative estimate of drug-likeness (QED) is 0.819. The smallest absolute Gasteiger partial charge is 0.227 e. The van der Waals surface area contributed by atoms with Gasteiger partial charge in [-0.2, -0.15) is 11.3 Å². The Labute approximate surface area is 139 Å². The summed E-state index contributed by atoms with van der Waals surface area (Å²) in [6.45, 7) is 0.513. The first-order chi connectivity index (χ1) is 11.2. The van der Waals surface area contributed by atoms with Gasteiger partial charge in [-0.3, -0.25) is 9.59 Å². The monoisotopic (exact) mass is 328 g/mol. The molecule has 0 bridgehead atoms. The van der Waals surface area contributed by atoms with Gasteiger partial charge in [-0.05, 0) is 59.3 Å². The molecule has 1 fully saturated rings. The molecule has 1 aromatic carbocycles. The molecule has 1 saturated carbocycles. The molecule has 0 aliphatic heterocycles. The SMILES string of the molecule is O=C(CCc1ccsc1)NCc1ccc(NC(=O)C2CC2)cc1. The lowest BCUT2D eigenvalue weighted by Gasteiger charge is -2.07. The van der Waals surface area contributed by atoms with E-state index >= 15 is 0 Å². The molecule has 1 aromatic heterocycles. The molecule has 5 heteroatoms. The number of anilines is 1. The number of carbonyl (C=O) groups excluding carboxylic acids is 2. The topological polar surface area (TPSA) is 58.2 Å². The summed E-state index contributed by atoms with van der Waals surface area (Å²) in [4.78, 5) is 23.5. The molecular weight excluding hydrogens is 308 g/mol. The van der Waals surface area contributed by atoms with E-state index in [1.165, 1.54) is 5.56 Å². The maximum atomic E-state index is 11.8. The summed E-state index contributed by atoms with van der Waals surface area (Å²) in [7, 11) is 0. The zero-order chi connectivity index (χ0) is 16.1. The Morgan fingerprint density at radius 1 is 1.09 bits per heavy atom. The van der Waals surface area contributed by atoms with E-state index in [1.807, 2.05) is 35.7 Å². The summed E-state index contributed by atoms with van der Waals surface area (Å²) in [5.41, 5.74) is 3.05. The highest BCUT2D eigenvalue weighted by Gasteiger charge is 2.29. The Bertz CT molecular complexity index is 661. The first-order valence-electron chi connectivity index (χ1n) is 7.88. The van der Waals surface area contributed by atoms with Crippen LogP contribution in [0, 0.1) is 5.92 Å². The van der Waals surface area contributed by atoms with Crippen LogP contribution in [0.4, 0.5) is 5.69 Å². The van der Waals surface area contributed by atoms with Crippen LogP contribution < -0.4 is 10.6 Å². The van der Waals surface area contributed by atoms with Gasteiger partial charge in [0.15, 0.2) is 0 Å². The predicted molar refractivity (Wildman–Crippen MR) is 92.3 cm³/mol. The number of thiophene rings is 1. The minimum absolute atomic E-state index is 0.0577. The van der Waals surface area contributed by atoms with Gasteiger partial charge >= 0.3 is 0 Å². The molecule has 1 aliphatic rings. The highest BCUT2D eigenvalue weighted by molar-refractivity contribution is 7.07. The standard InChI is InChI=1S/C18H20N2O2S/c21-17(8-3-14-9-10-23-12-14)19-11-13-1-6-16(7-2-13)20-18(22)15-4-5-15/h1-2,6-7,9-10,12,15H,3-5,8,11H2,(H,19,21)(H,20,22). The number of rotatable bonds is 7. The van der Waals surface area contributed by atoms with Crippen LogP contribution in [0.5, 0.6) is 0 Å². The van der Waals surface area contributed by atoms with E-state index in [0.717, 1.165) is 30.5 Å². The van der Waals surface area contributed by atoms with Gasteiger partial charge in [0.1, 0.15) is 0 Å². The fraction of sp³-hybridized carbons (Fsp3) is 0.333. The lowest BCUT2D eigenvalue weighted by atomic mass is 10.1. The zero-order valence-corrected chi connectivity index (χ0v) is 13.7. The van der Waals surface area contributed by atoms with Gasteiger partial charge in [0.05, 0.1) is 0 Å². The summed E-state index contributed by atoms with van der Waals surface area (Å²) in [6, 6.07) is 9.68. The van der Waals surface area contributed by atoms with Crippen LogP contribution in [0.2, 0.25) is 0 Å². The molecule has 0 radical (unpaired) electrons. The largest absolute Gasteiger partial charge is 0.352 e. The number of hydrogen-bond donors (Lipinski definition) is 2. The predicted octanol–water partition coefficient (Wildman–Crippen LogP) is 3.35. The minimum atomic E-state index is 0.0577. The Kier molecular flexibility index (Phi) is 5.08. The molecule has 2 aromatic rings. The first kappa shape index (κ1) is 15.7. The molecule has 1 aliphatic carbocycles. The lowest BCUT2D eigenvalue weighted by Crippen LogP contribution is -2.23. The number of aryl methyl sites for hydroxylation is 1. The van der Waals surface area contributed by atoms with E-state index in [0.29, 0.717) is 13.0 Å². The second-order valence-electron chi connectivity index (χ2n) is 5.87. The van der Waals surface area contributed by atoms with Crippen molar-refractivity contribution in [2.45, 2.75) is 32.2 Å². The number of hydrogen-bond acceptors (Lipinski definition) is 3. The molecule has 120 valence electrons. The lowest BCUT2D eigenvalue weighted by molar-refractivity contribution is -0.121. The van der Waals surface area contributed by atoms with Crippen LogP contribution in [-0.2, 0) is 22.6 Å². The van der Waals surface area contributed by atoms with Gasteiger partial charge in [0.25, 0.3) is 0 Å². The van der Waals surface area contributed by atoms with Crippen LogP contribution in [0.15, 0.2) is 41.1 Å². The summed E-state index contributed by atoms with van der Waals surface area (Å²) in [5.74, 6) is 0.374. The van der Waals surface area contributed by atoms with Crippen LogP contribution >= 0.6 is 11.3 Å². The fourth-order valence-electron chi connectivity index (χ4n) is 2.28. The van der Waals surface area contributed by atoms with Crippen molar-refractivity contribution >= 4 is 28.8 Å². The van der Waals surface area contributed by atoms with Crippen molar-refractivity contribution in [3.63, 3.8) is 0 Å². The molecule has 23 heavy (non-hydrogen) atoms. The second-order valence-corrected chi connectivity index (χ2v) is 6.65. The van der Waals surface area contributed by atoms with Gasteiger partial charge in [0.2, 0.25) is 11.8 Å². The van der Waals surface area contributed by atoms with Gasteiger partial charge in [0, 0.05) is 24.6 Å². The van der Waals surface area contributed by atoms with Crippen molar-refractivity contribution in [3.8, 4) is 0 Å². The third-order valence-corrected chi connectivity index (χ3v) is 4.61. The van der Waals surface area contributed by atoms with E-state index in [2.05, 4.69) is 16.0 Å². The van der Waals surface area contributed by atoms with E-state index in [4.69, 9.17) is 0 Å². The Balaban J connectivity index is 1.40. The summed E-state index contributed by atoms with van der Waals surface area (Å²) in [5, 5.41) is 9.93. The van der Waals surface area contributed by atoms with Crippen LogP contribution in [-0.4, -0.2) is 11.8 Å². The Morgan fingerprint density at radius 3 is 2.52 bits per heavy atom. The molecule has 0 unspecified atom stereocenters. The molecular formula is C18H20N2O2S. The molecule has 0 saturated heterocycles. The minimum Gasteiger partial charge on any atom is -0.352 e. The second kappa shape index (κ2) is 7.42. The van der Waals surface area contributed by atoms with E-state index in [1.54, 1.807) is 11.3 Å². The first-order valence-corrected chi connectivity index (χ1v) is 8.82. The van der Waals surface area contributed by atoms with Crippen molar-refractivity contribution in [1.29, 1.82) is 0 Å². The van der Waals surface area contributed by atoms with Crippen molar-refractivity contribution in [1.82, 2.24) is 5.32 Å². The zero-order valence-electron chi connectivity index (χ0n) is 12.9. The molecule has 0 atom stereocenters. The molecule has 2 amide bonds. The van der Waals surface area contributed by atoms with Gasteiger partial charge in [-0.15, -0.1) is 0 Å². The van der Waals surface area contributed by atoms with Crippen LogP contribution in [0.1, 0.15) is 30.4 Å². The molecule has 2 N–H and O–H groups in total. The van der Waals surface area contributed by atoms with Crippen molar-refractivity contribution < 1.29 is 9.59 Å². The average molecular weight is 328 g/mol. The maximum Gasteiger partial charge on any atom is 0.227 e. The summed E-state index contributed by atoms with van der Waals surface area (Å²) >= 11 is 1.65. The van der Waals surface area contributed by atoms with E-state index in [9.17, 15) is 9.59 Å². The maximum absolute atomic E-state index is 11.8. The van der Waals surface area contributed by atoms with Crippen LogP contribution in [0.25, 0.3) is 0 Å². The molecule has 0 spiro atoms. The third kappa shape index (κ3) is 4.93. The number of carbonyl (C=O) groups is 2.